The number of hydrogen-bond acceptors (Lipinski definition) is 8. The fourth-order valence-electron chi connectivity index (χ4n) is 3.16. The molecule has 10 heteroatoms. The molecular weight excluding hydrogens is 424 g/mol. The average Bonchev–Trinajstić information content (AvgIpc) is 3.40. The first-order chi connectivity index (χ1) is 15.5. The van der Waals surface area contributed by atoms with E-state index in [1.54, 1.807) is 35.2 Å². The van der Waals surface area contributed by atoms with E-state index in [0.717, 1.165) is 21.8 Å². The smallest absolute Gasteiger partial charge is 0.257 e. The monoisotopic (exact) mass is 442 g/mol. The van der Waals surface area contributed by atoms with Gasteiger partial charge in [0.2, 0.25) is 0 Å². The lowest BCUT2D eigenvalue weighted by atomic mass is 10.2. The normalized spacial score (nSPS) is 10.9. The van der Waals surface area contributed by atoms with Gasteiger partial charge in [0.1, 0.15) is 5.82 Å². The summed E-state index contributed by atoms with van der Waals surface area (Å²) in [5.41, 5.74) is 2.84. The van der Waals surface area contributed by atoms with Gasteiger partial charge in [0, 0.05) is 52.0 Å². The molecule has 0 fully saturated rings. The largest absolute Gasteiger partial charge is 0.340 e. The van der Waals surface area contributed by atoms with Crippen LogP contribution in [0.3, 0.4) is 0 Å². The Hall–Kier alpha value is -4.18. The molecule has 4 aromatic heterocycles. The van der Waals surface area contributed by atoms with Crippen molar-refractivity contribution in [2.75, 3.05) is 10.6 Å². The second-order valence-corrected chi connectivity index (χ2v) is 8.34. The Bertz CT molecular complexity index is 1430. The molecule has 5 rings (SSSR count). The molecule has 0 spiro atoms. The van der Waals surface area contributed by atoms with Crippen LogP contribution < -0.4 is 10.6 Å². The molecule has 2 N–H and O–H groups in total. The Labute approximate surface area is 187 Å². The van der Waals surface area contributed by atoms with Gasteiger partial charge < -0.3 is 5.32 Å². The van der Waals surface area contributed by atoms with Crippen LogP contribution in [0.15, 0.2) is 61.1 Å². The van der Waals surface area contributed by atoms with Crippen LogP contribution in [-0.2, 0) is 0 Å². The molecule has 0 saturated carbocycles. The van der Waals surface area contributed by atoms with Crippen LogP contribution in [0, 0.1) is 13.8 Å². The Morgan fingerprint density at radius 2 is 1.97 bits per heavy atom. The van der Waals surface area contributed by atoms with Crippen LogP contribution in [0.4, 0.5) is 16.6 Å². The number of amides is 1. The van der Waals surface area contributed by atoms with Crippen molar-refractivity contribution in [3.05, 3.63) is 77.2 Å². The molecule has 5 aromatic rings. The minimum atomic E-state index is -0.223. The zero-order valence-corrected chi connectivity index (χ0v) is 18.1. The molecule has 32 heavy (non-hydrogen) atoms. The molecule has 1 aromatic carbocycles. The minimum absolute atomic E-state index is 0.223. The zero-order chi connectivity index (χ0) is 22.1. The second-order valence-electron chi connectivity index (χ2n) is 7.11. The van der Waals surface area contributed by atoms with Gasteiger partial charge in [-0.25, -0.2) is 9.97 Å². The summed E-state index contributed by atoms with van der Waals surface area (Å²) in [7, 11) is 0. The van der Waals surface area contributed by atoms with Gasteiger partial charge in [-0.3, -0.25) is 15.1 Å². The fourth-order valence-corrected chi connectivity index (χ4v) is 3.82. The predicted molar refractivity (Wildman–Crippen MR) is 123 cm³/mol. The number of nitrogens with zero attached hydrogens (tertiary/aromatic N) is 6. The highest BCUT2D eigenvalue weighted by Gasteiger charge is 2.13. The maximum atomic E-state index is 12.6. The van der Waals surface area contributed by atoms with E-state index in [0.29, 0.717) is 28.1 Å². The van der Waals surface area contributed by atoms with E-state index in [2.05, 4.69) is 35.7 Å². The van der Waals surface area contributed by atoms with Crippen LogP contribution in [-0.4, -0.2) is 35.5 Å². The van der Waals surface area contributed by atoms with E-state index in [-0.39, 0.29) is 5.91 Å². The summed E-state index contributed by atoms with van der Waals surface area (Å²) in [6.45, 7) is 3.84. The molecule has 0 unspecified atom stereocenters. The Kier molecular flexibility index (Phi) is 5.04. The highest BCUT2D eigenvalue weighted by molar-refractivity contribution is 7.15. The van der Waals surface area contributed by atoms with Crippen LogP contribution in [0.25, 0.3) is 17.2 Å². The van der Waals surface area contributed by atoms with Gasteiger partial charge >= 0.3 is 0 Å². The lowest BCUT2D eigenvalue weighted by Gasteiger charge is -2.10. The number of hydrogen-bond donors (Lipinski definition) is 2. The van der Waals surface area contributed by atoms with E-state index < -0.39 is 0 Å². The Balaban J connectivity index is 1.45. The first-order valence-corrected chi connectivity index (χ1v) is 10.6. The van der Waals surface area contributed by atoms with E-state index >= 15 is 0 Å². The maximum absolute atomic E-state index is 12.6. The number of anilines is 3. The number of nitrogens with one attached hydrogen (secondary N) is 2. The zero-order valence-electron chi connectivity index (χ0n) is 17.3. The van der Waals surface area contributed by atoms with Gasteiger partial charge in [-0.2, -0.15) is 9.50 Å². The molecule has 0 aliphatic carbocycles. The van der Waals surface area contributed by atoms with Crippen molar-refractivity contribution in [1.29, 1.82) is 0 Å². The molecule has 0 aliphatic heterocycles. The van der Waals surface area contributed by atoms with E-state index in [9.17, 15) is 4.79 Å². The molecule has 0 aliphatic rings. The molecular formula is C22H18N8OS. The number of carbonyl (C=O) groups is 1. The number of aromatic nitrogens is 6. The van der Waals surface area contributed by atoms with Crippen LogP contribution in [0.5, 0.6) is 0 Å². The Morgan fingerprint density at radius 1 is 1.06 bits per heavy atom. The number of aryl methyl sites for hydroxylation is 2. The lowest BCUT2D eigenvalue weighted by molar-refractivity contribution is 0.102. The SMILES string of the molecule is Cc1cc(Nc2cccc(C(=O)Nc3ncc(C)s3)c2)n2nc(-c3cccnc3)nc2n1. The summed E-state index contributed by atoms with van der Waals surface area (Å²) >= 11 is 1.43. The van der Waals surface area contributed by atoms with Crippen LogP contribution in [0.1, 0.15) is 20.9 Å². The minimum Gasteiger partial charge on any atom is -0.340 e. The van der Waals surface area contributed by atoms with Crippen molar-refractivity contribution in [2.24, 2.45) is 0 Å². The van der Waals surface area contributed by atoms with Gasteiger partial charge in [-0.1, -0.05) is 6.07 Å². The molecule has 0 radical (unpaired) electrons. The fraction of sp³-hybridized carbons (Fsp3) is 0.0909. The molecule has 1 amide bonds. The number of pyridine rings is 1. The number of thiazole rings is 1. The summed E-state index contributed by atoms with van der Waals surface area (Å²) in [4.78, 5) is 31.0. The Morgan fingerprint density at radius 3 is 2.75 bits per heavy atom. The van der Waals surface area contributed by atoms with Gasteiger partial charge in [0.25, 0.3) is 11.7 Å². The standard InChI is InChI=1S/C22H18N8OS/c1-13-9-18(30-21(25-13)27-19(29-30)16-6-4-8-23-12-16)26-17-7-3-5-15(10-17)20(31)28-22-24-11-14(2)32-22/h3-12,26H,1-2H3,(H,24,28,31). The summed E-state index contributed by atoms with van der Waals surface area (Å²) in [5.74, 6) is 1.47. The molecule has 0 bridgehead atoms. The van der Waals surface area contributed by atoms with Gasteiger partial charge in [0.15, 0.2) is 11.0 Å². The summed E-state index contributed by atoms with van der Waals surface area (Å²) in [5, 5.41) is 11.3. The first kappa shape index (κ1) is 19.8. The van der Waals surface area contributed by atoms with E-state index in [1.807, 2.05) is 44.2 Å². The van der Waals surface area contributed by atoms with Crippen molar-refractivity contribution in [3.63, 3.8) is 0 Å². The van der Waals surface area contributed by atoms with Crippen molar-refractivity contribution in [2.45, 2.75) is 13.8 Å². The van der Waals surface area contributed by atoms with Gasteiger partial charge in [-0.05, 0) is 44.2 Å². The quantitative estimate of drug-likeness (QED) is 0.418. The summed E-state index contributed by atoms with van der Waals surface area (Å²) in [6, 6.07) is 12.8. The van der Waals surface area contributed by atoms with Crippen molar-refractivity contribution < 1.29 is 4.79 Å². The summed E-state index contributed by atoms with van der Waals surface area (Å²) in [6.07, 6.45) is 5.14. The number of fused-ring (bicyclic) bond motifs is 1. The maximum Gasteiger partial charge on any atom is 0.257 e. The van der Waals surface area contributed by atoms with Gasteiger partial charge in [0.05, 0.1) is 0 Å². The first-order valence-electron chi connectivity index (χ1n) is 9.81. The molecule has 0 saturated heterocycles. The third-order valence-corrected chi connectivity index (χ3v) is 5.43. The number of carbonyl (C=O) groups excluding carboxylic acids is 1. The van der Waals surface area contributed by atoms with E-state index in [1.165, 1.54) is 11.3 Å². The lowest BCUT2D eigenvalue weighted by Crippen LogP contribution is -2.12. The molecule has 9 nitrogen and oxygen atoms in total. The van der Waals surface area contributed by atoms with Gasteiger partial charge in [-0.15, -0.1) is 16.4 Å². The number of benzene rings is 1. The van der Waals surface area contributed by atoms with Crippen molar-refractivity contribution >= 4 is 39.7 Å². The van der Waals surface area contributed by atoms with Crippen LogP contribution >= 0.6 is 11.3 Å². The van der Waals surface area contributed by atoms with Crippen molar-refractivity contribution in [3.8, 4) is 11.4 Å². The number of rotatable bonds is 5. The molecule has 4 heterocycles. The van der Waals surface area contributed by atoms with E-state index in [4.69, 9.17) is 0 Å². The third kappa shape index (κ3) is 4.03. The van der Waals surface area contributed by atoms with Crippen molar-refractivity contribution in [1.82, 2.24) is 29.5 Å². The summed E-state index contributed by atoms with van der Waals surface area (Å²) < 4.78 is 1.64. The second kappa shape index (κ2) is 8.16. The molecule has 158 valence electrons. The topological polar surface area (TPSA) is 110 Å². The van der Waals surface area contributed by atoms with Crippen LogP contribution in [0.2, 0.25) is 0 Å². The third-order valence-electron chi connectivity index (χ3n) is 4.60. The predicted octanol–water partition coefficient (Wildman–Crippen LogP) is 4.26. The highest BCUT2D eigenvalue weighted by atomic mass is 32.1. The highest BCUT2D eigenvalue weighted by Crippen LogP contribution is 2.23. The average molecular weight is 443 g/mol. The molecule has 0 atom stereocenters.